The summed E-state index contributed by atoms with van der Waals surface area (Å²) in [7, 11) is 0. The van der Waals surface area contributed by atoms with Gasteiger partial charge in [0.05, 0.1) is 12.0 Å². The maximum absolute atomic E-state index is 12.1. The highest BCUT2D eigenvalue weighted by molar-refractivity contribution is 5.77. The van der Waals surface area contributed by atoms with Crippen molar-refractivity contribution in [1.29, 1.82) is 0 Å². The van der Waals surface area contributed by atoms with E-state index >= 15 is 0 Å². The fraction of sp³-hybridized carbons (Fsp3) is 0.923. The molecule has 15 heavy (non-hydrogen) atoms. The van der Waals surface area contributed by atoms with E-state index in [1.54, 1.807) is 0 Å². The van der Waals surface area contributed by atoms with Gasteiger partial charge < -0.3 is 4.74 Å². The minimum atomic E-state index is -0.110. The molecule has 2 bridgehead atoms. The Balaban J connectivity index is 2.15. The molecule has 0 aliphatic heterocycles. The number of carbonyl (C=O) groups excluding carboxylic acids is 1. The van der Waals surface area contributed by atoms with Gasteiger partial charge in [0.1, 0.15) is 0 Å². The molecule has 0 heterocycles. The minimum absolute atomic E-state index is 0.0793. The van der Waals surface area contributed by atoms with Crippen molar-refractivity contribution in [3.05, 3.63) is 0 Å². The largest absolute Gasteiger partial charge is 0.466 e. The molecule has 0 aromatic rings. The molecular weight excluding hydrogens is 188 g/mol. The van der Waals surface area contributed by atoms with Crippen LogP contribution in [0.1, 0.15) is 58.8 Å². The van der Waals surface area contributed by atoms with Crippen molar-refractivity contribution in [3.8, 4) is 0 Å². The van der Waals surface area contributed by atoms with Gasteiger partial charge in [0.15, 0.2) is 0 Å². The predicted molar refractivity (Wildman–Crippen MR) is 59.5 cm³/mol. The van der Waals surface area contributed by atoms with Crippen molar-refractivity contribution in [3.63, 3.8) is 0 Å². The van der Waals surface area contributed by atoms with Crippen LogP contribution < -0.4 is 0 Å². The van der Waals surface area contributed by atoms with Crippen LogP contribution in [0.4, 0.5) is 0 Å². The highest BCUT2D eigenvalue weighted by Crippen LogP contribution is 2.55. The van der Waals surface area contributed by atoms with Crippen LogP contribution in [-0.4, -0.2) is 12.6 Å². The van der Waals surface area contributed by atoms with Gasteiger partial charge in [0.25, 0.3) is 0 Å². The van der Waals surface area contributed by atoms with E-state index in [-0.39, 0.29) is 11.4 Å². The highest BCUT2D eigenvalue weighted by atomic mass is 16.5. The van der Waals surface area contributed by atoms with Crippen LogP contribution in [0, 0.1) is 10.8 Å². The second-order valence-corrected chi connectivity index (χ2v) is 5.70. The van der Waals surface area contributed by atoms with Crippen LogP contribution in [0.15, 0.2) is 0 Å². The van der Waals surface area contributed by atoms with Gasteiger partial charge in [-0.15, -0.1) is 0 Å². The first-order chi connectivity index (χ1) is 7.10. The first kappa shape index (κ1) is 11.0. The Morgan fingerprint density at radius 1 is 1.20 bits per heavy atom. The molecule has 0 saturated heterocycles. The summed E-state index contributed by atoms with van der Waals surface area (Å²) in [6.45, 7) is 4.77. The summed E-state index contributed by atoms with van der Waals surface area (Å²) in [6.07, 6.45) is 8.19. The van der Waals surface area contributed by atoms with Crippen LogP contribution in [0.25, 0.3) is 0 Å². The van der Waals surface area contributed by atoms with Gasteiger partial charge in [0, 0.05) is 0 Å². The Kier molecular flexibility index (Phi) is 2.78. The van der Waals surface area contributed by atoms with Gasteiger partial charge in [-0.1, -0.05) is 19.8 Å². The summed E-state index contributed by atoms with van der Waals surface area (Å²) in [5.41, 5.74) is 0.310. The molecule has 2 nitrogen and oxygen atoms in total. The van der Waals surface area contributed by atoms with E-state index in [0.29, 0.717) is 12.0 Å². The third-order valence-corrected chi connectivity index (χ3v) is 4.34. The van der Waals surface area contributed by atoms with Crippen LogP contribution in [-0.2, 0) is 9.53 Å². The van der Waals surface area contributed by atoms with Crippen molar-refractivity contribution >= 4 is 5.97 Å². The first-order valence-corrected chi connectivity index (χ1v) is 6.28. The zero-order valence-electron chi connectivity index (χ0n) is 9.97. The molecule has 2 aliphatic rings. The number of hydrogen-bond donors (Lipinski definition) is 0. The topological polar surface area (TPSA) is 26.3 Å². The molecule has 0 amide bonds. The van der Waals surface area contributed by atoms with Gasteiger partial charge in [-0.05, 0) is 44.4 Å². The predicted octanol–water partition coefficient (Wildman–Crippen LogP) is 3.30. The molecule has 0 atom stereocenters. The molecule has 86 valence electrons. The first-order valence-electron chi connectivity index (χ1n) is 6.28. The van der Waals surface area contributed by atoms with Gasteiger partial charge in [-0.2, -0.15) is 0 Å². The smallest absolute Gasteiger partial charge is 0.312 e. The Morgan fingerprint density at radius 2 is 1.80 bits per heavy atom. The molecule has 2 heteroatoms. The van der Waals surface area contributed by atoms with Crippen LogP contribution in [0.5, 0.6) is 0 Å². The summed E-state index contributed by atoms with van der Waals surface area (Å²) < 4.78 is 5.26. The Morgan fingerprint density at radius 3 is 2.33 bits per heavy atom. The lowest BCUT2D eigenvalue weighted by molar-refractivity contribution is -0.164. The fourth-order valence-electron chi connectivity index (χ4n) is 3.69. The number of carbonyl (C=O) groups is 1. The normalized spacial score (nSPS) is 39.9. The van der Waals surface area contributed by atoms with Crippen molar-refractivity contribution < 1.29 is 9.53 Å². The van der Waals surface area contributed by atoms with Crippen molar-refractivity contribution in [1.82, 2.24) is 0 Å². The van der Waals surface area contributed by atoms with Crippen molar-refractivity contribution in [2.75, 3.05) is 6.61 Å². The molecule has 0 unspecified atom stereocenters. The lowest BCUT2D eigenvalue weighted by atomic mass is 9.55. The van der Waals surface area contributed by atoms with Gasteiger partial charge in [-0.25, -0.2) is 0 Å². The van der Waals surface area contributed by atoms with Crippen LogP contribution >= 0.6 is 0 Å². The van der Waals surface area contributed by atoms with Gasteiger partial charge >= 0.3 is 5.97 Å². The number of rotatable bonds is 2. The van der Waals surface area contributed by atoms with Crippen LogP contribution in [0.2, 0.25) is 0 Å². The maximum Gasteiger partial charge on any atom is 0.312 e. The Labute approximate surface area is 92.4 Å². The summed E-state index contributed by atoms with van der Waals surface area (Å²) in [5, 5.41) is 0. The number of ether oxygens (including phenoxy) is 1. The fourth-order valence-corrected chi connectivity index (χ4v) is 3.69. The molecule has 0 aromatic heterocycles. The van der Waals surface area contributed by atoms with E-state index in [0.717, 1.165) is 19.3 Å². The minimum Gasteiger partial charge on any atom is -0.466 e. The van der Waals surface area contributed by atoms with E-state index in [1.165, 1.54) is 25.7 Å². The van der Waals surface area contributed by atoms with Gasteiger partial charge in [-0.3, -0.25) is 4.79 Å². The zero-order valence-corrected chi connectivity index (χ0v) is 9.97. The van der Waals surface area contributed by atoms with E-state index in [4.69, 9.17) is 4.74 Å². The Bertz CT molecular complexity index is 247. The van der Waals surface area contributed by atoms with E-state index in [1.807, 2.05) is 6.92 Å². The molecule has 2 rings (SSSR count). The zero-order chi connectivity index (χ0) is 10.9. The van der Waals surface area contributed by atoms with E-state index < -0.39 is 0 Å². The average Bonchev–Trinajstić information content (AvgIpc) is 2.17. The summed E-state index contributed by atoms with van der Waals surface area (Å²) in [5.74, 6) is 0.0793. The highest BCUT2D eigenvalue weighted by Gasteiger charge is 2.50. The number of fused-ring (bicyclic) bond motifs is 2. The summed E-state index contributed by atoms with van der Waals surface area (Å²) >= 11 is 0. The van der Waals surface area contributed by atoms with E-state index in [2.05, 4.69) is 6.92 Å². The third-order valence-electron chi connectivity index (χ3n) is 4.34. The molecule has 2 saturated carbocycles. The molecule has 0 aromatic carbocycles. The molecule has 2 aliphatic carbocycles. The van der Waals surface area contributed by atoms with Crippen molar-refractivity contribution in [2.24, 2.45) is 10.8 Å². The lowest BCUT2D eigenvalue weighted by Crippen LogP contribution is -2.44. The lowest BCUT2D eigenvalue weighted by Gasteiger charge is -2.49. The molecule has 0 spiro atoms. The monoisotopic (exact) mass is 210 g/mol. The molecule has 2 fully saturated rings. The second kappa shape index (κ2) is 3.80. The maximum atomic E-state index is 12.1. The third kappa shape index (κ3) is 1.91. The SMILES string of the molecule is CCOC(=O)C12CCCC(C)(CCC1)C2. The number of hydrogen-bond acceptors (Lipinski definition) is 2. The van der Waals surface area contributed by atoms with E-state index in [9.17, 15) is 4.79 Å². The number of esters is 1. The summed E-state index contributed by atoms with van der Waals surface area (Å²) in [6, 6.07) is 0. The molecule has 0 radical (unpaired) electrons. The van der Waals surface area contributed by atoms with Crippen molar-refractivity contribution in [2.45, 2.75) is 58.8 Å². The standard InChI is InChI=1S/C13H22O2/c1-3-15-11(14)13-8-4-6-12(2,10-13)7-5-9-13/h3-10H2,1-2H3. The Hall–Kier alpha value is -0.530. The molecular formula is C13H22O2. The quantitative estimate of drug-likeness (QED) is 0.654. The second-order valence-electron chi connectivity index (χ2n) is 5.70. The molecule has 0 N–H and O–H groups in total. The van der Waals surface area contributed by atoms with Crippen LogP contribution in [0.3, 0.4) is 0 Å². The summed E-state index contributed by atoms with van der Waals surface area (Å²) in [4.78, 5) is 12.1. The average molecular weight is 210 g/mol. The van der Waals surface area contributed by atoms with Gasteiger partial charge in [0.2, 0.25) is 0 Å².